The average Bonchev–Trinajstić information content (AvgIpc) is 3.13. The summed E-state index contributed by atoms with van der Waals surface area (Å²) in [7, 11) is 0. The third-order valence-corrected chi connectivity index (χ3v) is 4.40. The zero-order valence-corrected chi connectivity index (χ0v) is 12.0. The molecule has 1 unspecified atom stereocenters. The molecule has 0 spiro atoms. The molecule has 2 saturated carbocycles. The Balaban J connectivity index is 1.59. The van der Waals surface area contributed by atoms with Crippen molar-refractivity contribution in [2.75, 3.05) is 13.2 Å². The molecule has 2 fully saturated rings. The van der Waals surface area contributed by atoms with Crippen LogP contribution >= 0.6 is 0 Å². The second-order valence-electron chi connectivity index (χ2n) is 6.21. The molecule has 1 N–H and O–H groups in total. The average molecular weight is 277 g/mol. The second kappa shape index (κ2) is 6.68. The molecule has 0 heterocycles. The van der Waals surface area contributed by atoms with Crippen molar-refractivity contribution in [2.24, 2.45) is 5.92 Å². The first-order valence-electron chi connectivity index (χ1n) is 7.92. The van der Waals surface area contributed by atoms with Crippen molar-refractivity contribution in [3.8, 4) is 0 Å². The Morgan fingerprint density at radius 1 is 1.20 bits per heavy atom. The van der Waals surface area contributed by atoms with E-state index in [0.29, 0.717) is 12.0 Å². The Morgan fingerprint density at radius 3 is 2.70 bits per heavy atom. The van der Waals surface area contributed by atoms with Gasteiger partial charge in [0, 0.05) is 12.6 Å². The lowest BCUT2D eigenvalue weighted by Gasteiger charge is -2.21. The first-order chi connectivity index (χ1) is 9.81. The highest BCUT2D eigenvalue weighted by Gasteiger charge is 2.24. The van der Waals surface area contributed by atoms with Gasteiger partial charge in [0.05, 0.1) is 12.7 Å². The standard InChI is InChI=1S/C17H24FNO/c18-15-7-3-6-14(10-15)17(11-19-16-8-9-16)20-12-13-4-1-2-5-13/h3,6-7,10,13,16-17,19H,1-2,4-5,8-9,11-12H2. The van der Waals surface area contributed by atoms with E-state index in [1.807, 2.05) is 6.07 Å². The maximum absolute atomic E-state index is 13.4. The van der Waals surface area contributed by atoms with Crippen molar-refractivity contribution < 1.29 is 9.13 Å². The summed E-state index contributed by atoms with van der Waals surface area (Å²) in [5.74, 6) is 0.523. The number of nitrogens with one attached hydrogen (secondary N) is 1. The number of hydrogen-bond acceptors (Lipinski definition) is 2. The van der Waals surface area contributed by atoms with Gasteiger partial charge in [-0.25, -0.2) is 4.39 Å². The van der Waals surface area contributed by atoms with Crippen LogP contribution in [0.15, 0.2) is 24.3 Å². The summed E-state index contributed by atoms with van der Waals surface area (Å²) in [6.45, 7) is 1.61. The highest BCUT2D eigenvalue weighted by molar-refractivity contribution is 5.19. The van der Waals surface area contributed by atoms with E-state index in [4.69, 9.17) is 4.74 Å². The first kappa shape index (κ1) is 14.0. The molecule has 3 rings (SSSR count). The molecule has 110 valence electrons. The quantitative estimate of drug-likeness (QED) is 0.818. The summed E-state index contributed by atoms with van der Waals surface area (Å²) in [4.78, 5) is 0. The minimum atomic E-state index is -0.177. The Morgan fingerprint density at radius 2 is 2.00 bits per heavy atom. The predicted octanol–water partition coefficient (Wildman–Crippen LogP) is 3.83. The van der Waals surface area contributed by atoms with Crippen LogP contribution in [0.1, 0.15) is 50.2 Å². The minimum absolute atomic E-state index is 0.0214. The van der Waals surface area contributed by atoms with Crippen molar-refractivity contribution in [1.82, 2.24) is 5.32 Å². The summed E-state index contributed by atoms with van der Waals surface area (Å²) in [6, 6.07) is 7.49. The van der Waals surface area contributed by atoms with Crippen LogP contribution in [0.5, 0.6) is 0 Å². The minimum Gasteiger partial charge on any atom is -0.372 e. The van der Waals surface area contributed by atoms with Gasteiger partial charge >= 0.3 is 0 Å². The summed E-state index contributed by atoms with van der Waals surface area (Å²) in [6.07, 6.45) is 7.74. The van der Waals surface area contributed by atoms with Gasteiger partial charge < -0.3 is 10.1 Å². The predicted molar refractivity (Wildman–Crippen MR) is 78.1 cm³/mol. The van der Waals surface area contributed by atoms with E-state index in [1.165, 1.54) is 44.6 Å². The van der Waals surface area contributed by atoms with Gasteiger partial charge in [-0.2, -0.15) is 0 Å². The van der Waals surface area contributed by atoms with Crippen molar-refractivity contribution in [1.29, 1.82) is 0 Å². The largest absolute Gasteiger partial charge is 0.372 e. The molecule has 0 aliphatic heterocycles. The van der Waals surface area contributed by atoms with Gasteiger partial charge in [-0.15, -0.1) is 0 Å². The van der Waals surface area contributed by atoms with Crippen molar-refractivity contribution in [3.63, 3.8) is 0 Å². The summed E-state index contributed by atoms with van der Waals surface area (Å²) in [5, 5.41) is 3.50. The monoisotopic (exact) mass is 277 g/mol. The molecule has 2 aliphatic rings. The summed E-state index contributed by atoms with van der Waals surface area (Å²) in [5.41, 5.74) is 0.955. The highest BCUT2D eigenvalue weighted by atomic mass is 19.1. The number of hydrogen-bond donors (Lipinski definition) is 1. The maximum atomic E-state index is 13.4. The highest BCUT2D eigenvalue weighted by Crippen LogP contribution is 2.28. The molecule has 1 atom stereocenters. The van der Waals surface area contributed by atoms with Gasteiger partial charge in [0.1, 0.15) is 5.82 Å². The zero-order valence-electron chi connectivity index (χ0n) is 12.0. The van der Waals surface area contributed by atoms with E-state index in [0.717, 1.165) is 18.7 Å². The van der Waals surface area contributed by atoms with Crippen LogP contribution in [0.4, 0.5) is 4.39 Å². The Hall–Kier alpha value is -0.930. The lowest BCUT2D eigenvalue weighted by Crippen LogP contribution is -2.26. The van der Waals surface area contributed by atoms with Crippen molar-refractivity contribution in [2.45, 2.75) is 50.7 Å². The van der Waals surface area contributed by atoms with Crippen molar-refractivity contribution in [3.05, 3.63) is 35.6 Å². The summed E-state index contributed by atoms with van der Waals surface area (Å²) < 4.78 is 19.5. The van der Waals surface area contributed by atoms with E-state index in [-0.39, 0.29) is 11.9 Å². The van der Waals surface area contributed by atoms with Crippen LogP contribution < -0.4 is 5.32 Å². The van der Waals surface area contributed by atoms with Gasteiger partial charge in [-0.05, 0) is 49.3 Å². The summed E-state index contributed by atoms with van der Waals surface area (Å²) >= 11 is 0. The van der Waals surface area contributed by atoms with E-state index in [9.17, 15) is 4.39 Å². The molecular weight excluding hydrogens is 253 g/mol. The van der Waals surface area contributed by atoms with E-state index in [2.05, 4.69) is 5.32 Å². The molecule has 0 amide bonds. The van der Waals surface area contributed by atoms with E-state index < -0.39 is 0 Å². The molecule has 0 bridgehead atoms. The normalized spacial score (nSPS) is 21.2. The van der Waals surface area contributed by atoms with Crippen molar-refractivity contribution >= 4 is 0 Å². The van der Waals surface area contributed by atoms with E-state index >= 15 is 0 Å². The SMILES string of the molecule is Fc1cccc(C(CNC2CC2)OCC2CCCC2)c1. The fourth-order valence-corrected chi connectivity index (χ4v) is 2.97. The fourth-order valence-electron chi connectivity index (χ4n) is 2.97. The lowest BCUT2D eigenvalue weighted by molar-refractivity contribution is 0.0291. The zero-order chi connectivity index (χ0) is 13.8. The van der Waals surface area contributed by atoms with Gasteiger partial charge in [-0.1, -0.05) is 25.0 Å². The van der Waals surface area contributed by atoms with Crippen LogP contribution in [-0.2, 0) is 4.74 Å². The Labute approximate surface area is 120 Å². The molecule has 1 aromatic carbocycles. The molecule has 2 aliphatic carbocycles. The molecular formula is C17H24FNO. The number of ether oxygens (including phenoxy) is 1. The molecule has 3 heteroatoms. The van der Waals surface area contributed by atoms with Gasteiger partial charge in [0.2, 0.25) is 0 Å². The topological polar surface area (TPSA) is 21.3 Å². The third kappa shape index (κ3) is 4.03. The smallest absolute Gasteiger partial charge is 0.123 e. The molecule has 2 nitrogen and oxygen atoms in total. The number of rotatable bonds is 7. The molecule has 0 saturated heterocycles. The first-order valence-corrected chi connectivity index (χ1v) is 7.92. The number of halogens is 1. The van der Waals surface area contributed by atoms with Gasteiger partial charge in [0.15, 0.2) is 0 Å². The third-order valence-electron chi connectivity index (χ3n) is 4.40. The van der Waals surface area contributed by atoms with Crippen LogP contribution in [0.2, 0.25) is 0 Å². The Bertz CT molecular complexity index is 427. The Kier molecular flexibility index (Phi) is 4.69. The van der Waals surface area contributed by atoms with Crippen LogP contribution in [-0.4, -0.2) is 19.2 Å². The molecule has 0 radical (unpaired) electrons. The van der Waals surface area contributed by atoms with Gasteiger partial charge in [-0.3, -0.25) is 0 Å². The maximum Gasteiger partial charge on any atom is 0.123 e. The lowest BCUT2D eigenvalue weighted by atomic mass is 10.1. The van der Waals surface area contributed by atoms with Crippen LogP contribution in [0.25, 0.3) is 0 Å². The second-order valence-corrected chi connectivity index (χ2v) is 6.21. The number of benzene rings is 1. The van der Waals surface area contributed by atoms with Crippen LogP contribution in [0.3, 0.4) is 0 Å². The van der Waals surface area contributed by atoms with Gasteiger partial charge in [0.25, 0.3) is 0 Å². The molecule has 1 aromatic rings. The molecule has 0 aromatic heterocycles. The van der Waals surface area contributed by atoms with E-state index in [1.54, 1.807) is 12.1 Å². The fraction of sp³-hybridized carbons (Fsp3) is 0.647. The molecule has 20 heavy (non-hydrogen) atoms. The van der Waals surface area contributed by atoms with Crippen LogP contribution in [0, 0.1) is 11.7 Å².